The Bertz CT molecular complexity index is 932. The highest BCUT2D eigenvalue weighted by molar-refractivity contribution is 7.89. The van der Waals surface area contributed by atoms with E-state index >= 15 is 0 Å². The number of carbonyl (C=O) groups excluding carboxylic acids is 2. The van der Waals surface area contributed by atoms with Gasteiger partial charge in [-0.2, -0.15) is 0 Å². The number of amides is 1. The third-order valence-electron chi connectivity index (χ3n) is 3.75. The predicted octanol–water partition coefficient (Wildman–Crippen LogP) is 2.28. The van der Waals surface area contributed by atoms with Crippen molar-refractivity contribution in [1.29, 1.82) is 0 Å². The minimum Gasteiger partial charge on any atom is -0.452 e. The summed E-state index contributed by atoms with van der Waals surface area (Å²) in [7, 11) is -2.49. The standard InChI is InChI=1S/C18H19ClN2O5S/c1-12(13-6-4-3-5-7-13)21-17(22)11-26-18(23)15-10-14(8-9-16(15)19)27(24,25)20-2/h3-10,12,20H,11H2,1-2H3,(H,21,22)/t12-/m1/s1. The molecule has 0 aromatic heterocycles. The lowest BCUT2D eigenvalue weighted by atomic mass is 10.1. The molecule has 7 nitrogen and oxygen atoms in total. The monoisotopic (exact) mass is 410 g/mol. The number of benzene rings is 2. The zero-order chi connectivity index (χ0) is 20.0. The van der Waals surface area contributed by atoms with Gasteiger partial charge >= 0.3 is 5.97 Å². The van der Waals surface area contributed by atoms with Crippen LogP contribution in [0.4, 0.5) is 0 Å². The van der Waals surface area contributed by atoms with Gasteiger partial charge in [-0.05, 0) is 37.7 Å². The number of hydrogen-bond donors (Lipinski definition) is 2. The third-order valence-corrected chi connectivity index (χ3v) is 5.49. The second-order valence-corrected chi connectivity index (χ2v) is 7.92. The third kappa shape index (κ3) is 5.53. The Morgan fingerprint density at radius 1 is 1.15 bits per heavy atom. The van der Waals surface area contributed by atoms with E-state index in [9.17, 15) is 18.0 Å². The molecule has 2 N–H and O–H groups in total. The van der Waals surface area contributed by atoms with Crippen molar-refractivity contribution in [3.63, 3.8) is 0 Å². The summed E-state index contributed by atoms with van der Waals surface area (Å²) in [6.45, 7) is 1.29. The number of carbonyl (C=O) groups is 2. The second kappa shape index (κ2) is 8.98. The molecule has 1 atom stereocenters. The highest BCUT2D eigenvalue weighted by Crippen LogP contribution is 2.21. The van der Waals surface area contributed by atoms with Crippen LogP contribution in [0.1, 0.15) is 28.9 Å². The fourth-order valence-electron chi connectivity index (χ4n) is 2.26. The zero-order valence-corrected chi connectivity index (χ0v) is 16.3. The number of sulfonamides is 1. The van der Waals surface area contributed by atoms with Gasteiger partial charge in [0.2, 0.25) is 10.0 Å². The van der Waals surface area contributed by atoms with Crippen LogP contribution in [0, 0.1) is 0 Å². The maximum Gasteiger partial charge on any atom is 0.340 e. The minimum absolute atomic E-state index is 0.0214. The average molecular weight is 411 g/mol. The fraction of sp³-hybridized carbons (Fsp3) is 0.222. The normalized spacial score (nSPS) is 12.3. The summed E-state index contributed by atoms with van der Waals surface area (Å²) in [5.41, 5.74) is 0.766. The number of rotatable bonds is 7. The van der Waals surface area contributed by atoms with E-state index in [0.29, 0.717) is 0 Å². The molecular weight excluding hydrogens is 392 g/mol. The molecule has 144 valence electrons. The van der Waals surface area contributed by atoms with E-state index in [1.165, 1.54) is 19.2 Å². The van der Waals surface area contributed by atoms with Gasteiger partial charge in [0, 0.05) is 0 Å². The van der Waals surface area contributed by atoms with Gasteiger partial charge in [-0.25, -0.2) is 17.9 Å². The lowest BCUT2D eigenvalue weighted by Gasteiger charge is -2.14. The van der Waals surface area contributed by atoms with Gasteiger partial charge in [-0.3, -0.25) is 4.79 Å². The van der Waals surface area contributed by atoms with Crippen LogP contribution in [0.15, 0.2) is 53.4 Å². The molecule has 0 fully saturated rings. The summed E-state index contributed by atoms with van der Waals surface area (Å²) in [5.74, 6) is -1.38. The van der Waals surface area contributed by atoms with Gasteiger partial charge in [0.1, 0.15) is 0 Å². The van der Waals surface area contributed by atoms with E-state index in [1.807, 2.05) is 30.3 Å². The van der Waals surface area contributed by atoms with Crippen LogP contribution >= 0.6 is 11.6 Å². The van der Waals surface area contributed by atoms with Gasteiger partial charge in [0.25, 0.3) is 5.91 Å². The van der Waals surface area contributed by atoms with Gasteiger partial charge in [-0.15, -0.1) is 0 Å². The van der Waals surface area contributed by atoms with Crippen LogP contribution in [-0.4, -0.2) is 33.9 Å². The van der Waals surface area contributed by atoms with Crippen molar-refractivity contribution in [2.75, 3.05) is 13.7 Å². The Morgan fingerprint density at radius 3 is 2.44 bits per heavy atom. The molecule has 2 aromatic rings. The Labute approximate surface area is 162 Å². The summed E-state index contributed by atoms with van der Waals surface area (Å²) in [4.78, 5) is 24.0. The molecule has 9 heteroatoms. The topological polar surface area (TPSA) is 102 Å². The van der Waals surface area contributed by atoms with Gasteiger partial charge in [-0.1, -0.05) is 41.9 Å². The molecule has 0 saturated heterocycles. The van der Waals surface area contributed by atoms with Crippen molar-refractivity contribution in [3.05, 3.63) is 64.7 Å². The Morgan fingerprint density at radius 2 is 1.81 bits per heavy atom. The SMILES string of the molecule is CNS(=O)(=O)c1ccc(Cl)c(C(=O)OCC(=O)N[C@H](C)c2ccccc2)c1. The molecule has 0 aliphatic rings. The number of ether oxygens (including phenoxy) is 1. The van der Waals surface area contributed by atoms with Crippen LogP contribution in [0.25, 0.3) is 0 Å². The lowest BCUT2D eigenvalue weighted by molar-refractivity contribution is -0.124. The first-order chi connectivity index (χ1) is 12.7. The van der Waals surface area contributed by atoms with E-state index in [1.54, 1.807) is 6.92 Å². The van der Waals surface area contributed by atoms with Crippen molar-refractivity contribution >= 4 is 33.5 Å². The van der Waals surface area contributed by atoms with Crippen LogP contribution in [0.3, 0.4) is 0 Å². The van der Waals surface area contributed by atoms with E-state index in [-0.39, 0.29) is 21.5 Å². The molecule has 2 aromatic carbocycles. The molecule has 0 unspecified atom stereocenters. The molecule has 0 saturated carbocycles. The zero-order valence-electron chi connectivity index (χ0n) is 14.7. The fourth-order valence-corrected chi connectivity index (χ4v) is 3.21. The molecule has 0 spiro atoms. The molecule has 0 aliphatic carbocycles. The van der Waals surface area contributed by atoms with E-state index in [2.05, 4.69) is 10.0 Å². The Balaban J connectivity index is 2.01. The Hall–Kier alpha value is -2.42. The molecule has 1 amide bonds. The van der Waals surface area contributed by atoms with Crippen molar-refractivity contribution in [3.8, 4) is 0 Å². The maximum atomic E-state index is 12.2. The Kier molecular flexibility index (Phi) is 6.95. The first kappa shape index (κ1) is 20.9. The van der Waals surface area contributed by atoms with Crippen molar-refractivity contribution in [2.24, 2.45) is 0 Å². The van der Waals surface area contributed by atoms with Crippen molar-refractivity contribution < 1.29 is 22.7 Å². The van der Waals surface area contributed by atoms with E-state index in [4.69, 9.17) is 16.3 Å². The molecule has 0 aliphatic heterocycles. The first-order valence-corrected chi connectivity index (χ1v) is 9.85. The quantitative estimate of drug-likeness (QED) is 0.682. The summed E-state index contributed by atoms with van der Waals surface area (Å²) in [6, 6.07) is 12.7. The van der Waals surface area contributed by atoms with Crippen LogP contribution in [-0.2, 0) is 19.6 Å². The number of halogens is 1. The van der Waals surface area contributed by atoms with Gasteiger partial charge in [0.15, 0.2) is 6.61 Å². The van der Waals surface area contributed by atoms with Crippen molar-refractivity contribution in [2.45, 2.75) is 17.9 Å². The van der Waals surface area contributed by atoms with Gasteiger partial charge in [0.05, 0.1) is 21.5 Å². The van der Waals surface area contributed by atoms with Crippen LogP contribution in [0.5, 0.6) is 0 Å². The predicted molar refractivity (Wildman–Crippen MR) is 101 cm³/mol. The lowest BCUT2D eigenvalue weighted by Crippen LogP contribution is -2.31. The largest absolute Gasteiger partial charge is 0.452 e. The van der Waals surface area contributed by atoms with E-state index in [0.717, 1.165) is 11.6 Å². The highest BCUT2D eigenvalue weighted by Gasteiger charge is 2.19. The van der Waals surface area contributed by atoms with Gasteiger partial charge < -0.3 is 10.1 Å². The maximum absolute atomic E-state index is 12.2. The van der Waals surface area contributed by atoms with Crippen LogP contribution < -0.4 is 10.0 Å². The van der Waals surface area contributed by atoms with Crippen molar-refractivity contribution in [1.82, 2.24) is 10.0 Å². The number of nitrogens with one attached hydrogen (secondary N) is 2. The second-order valence-electron chi connectivity index (χ2n) is 5.63. The molecular formula is C18H19ClN2O5S. The molecule has 0 radical (unpaired) electrons. The minimum atomic E-state index is -3.74. The summed E-state index contributed by atoms with van der Waals surface area (Å²) < 4.78 is 30.8. The molecule has 0 bridgehead atoms. The summed E-state index contributed by atoms with van der Waals surface area (Å²) in [5, 5.41) is 2.73. The smallest absolute Gasteiger partial charge is 0.340 e. The number of hydrogen-bond acceptors (Lipinski definition) is 5. The number of esters is 1. The summed E-state index contributed by atoms with van der Waals surface area (Å²) >= 11 is 5.95. The molecule has 2 rings (SSSR count). The molecule has 27 heavy (non-hydrogen) atoms. The van der Waals surface area contributed by atoms with Crippen LogP contribution in [0.2, 0.25) is 5.02 Å². The van der Waals surface area contributed by atoms with E-state index < -0.39 is 28.5 Å². The molecule has 0 heterocycles. The first-order valence-electron chi connectivity index (χ1n) is 7.99. The summed E-state index contributed by atoms with van der Waals surface area (Å²) in [6.07, 6.45) is 0. The average Bonchev–Trinajstić information content (AvgIpc) is 2.67. The highest BCUT2D eigenvalue weighted by atomic mass is 35.5.